The summed E-state index contributed by atoms with van der Waals surface area (Å²) in [5.41, 5.74) is 2.35. The first-order valence-electron chi connectivity index (χ1n) is 7.80. The molecule has 1 heterocycles. The van der Waals surface area contributed by atoms with Gasteiger partial charge in [-0.1, -0.05) is 60.7 Å². The molecule has 1 amide bonds. The average molecular weight is 295 g/mol. The molecular weight excluding hydrogens is 274 g/mol. The fourth-order valence-electron chi connectivity index (χ4n) is 2.92. The van der Waals surface area contributed by atoms with Crippen molar-refractivity contribution in [2.45, 2.75) is 24.8 Å². The lowest BCUT2D eigenvalue weighted by molar-refractivity contribution is -0.122. The predicted molar refractivity (Wildman–Crippen MR) is 86.7 cm³/mol. The lowest BCUT2D eigenvalue weighted by atomic mass is 9.88. The molecule has 2 aromatic rings. The Morgan fingerprint density at radius 2 is 1.64 bits per heavy atom. The smallest absolute Gasteiger partial charge is 0.221 e. The second-order valence-corrected chi connectivity index (χ2v) is 5.71. The fourth-order valence-corrected chi connectivity index (χ4v) is 2.92. The Balaban J connectivity index is 1.75. The molecule has 0 saturated carbocycles. The third kappa shape index (κ3) is 3.74. The first-order valence-corrected chi connectivity index (χ1v) is 7.80. The van der Waals surface area contributed by atoms with Crippen molar-refractivity contribution in [3.63, 3.8) is 0 Å². The van der Waals surface area contributed by atoms with Gasteiger partial charge in [0, 0.05) is 18.9 Å². The average Bonchev–Trinajstić information content (AvgIpc) is 3.07. The van der Waals surface area contributed by atoms with Gasteiger partial charge in [-0.15, -0.1) is 0 Å². The van der Waals surface area contributed by atoms with Crippen molar-refractivity contribution in [3.05, 3.63) is 71.8 Å². The molecular formula is C19H21NO2. The van der Waals surface area contributed by atoms with E-state index in [1.807, 2.05) is 36.4 Å². The topological polar surface area (TPSA) is 38.3 Å². The van der Waals surface area contributed by atoms with Crippen LogP contribution in [0.5, 0.6) is 0 Å². The van der Waals surface area contributed by atoms with Gasteiger partial charge in [-0.05, 0) is 17.5 Å². The normalized spacial score (nSPS) is 17.6. The van der Waals surface area contributed by atoms with Crippen LogP contribution in [-0.4, -0.2) is 25.2 Å². The monoisotopic (exact) mass is 295 g/mol. The maximum atomic E-state index is 12.4. The van der Waals surface area contributed by atoms with Crippen LogP contribution < -0.4 is 5.32 Å². The molecule has 1 aliphatic rings. The molecule has 0 aliphatic carbocycles. The van der Waals surface area contributed by atoms with E-state index in [2.05, 4.69) is 29.6 Å². The van der Waals surface area contributed by atoms with E-state index >= 15 is 0 Å². The summed E-state index contributed by atoms with van der Waals surface area (Å²) >= 11 is 0. The summed E-state index contributed by atoms with van der Waals surface area (Å²) in [4.78, 5) is 12.4. The minimum Gasteiger partial charge on any atom is -0.379 e. The van der Waals surface area contributed by atoms with E-state index in [1.54, 1.807) is 0 Å². The summed E-state index contributed by atoms with van der Waals surface area (Å²) in [6.45, 7) is 1.37. The van der Waals surface area contributed by atoms with Crippen molar-refractivity contribution >= 4 is 5.91 Å². The summed E-state index contributed by atoms with van der Waals surface area (Å²) in [6.07, 6.45) is 1.37. The molecule has 1 aliphatic heterocycles. The molecule has 0 aromatic heterocycles. The van der Waals surface area contributed by atoms with E-state index in [-0.39, 0.29) is 17.9 Å². The summed E-state index contributed by atoms with van der Waals surface area (Å²) in [5.74, 6) is 0.179. The highest BCUT2D eigenvalue weighted by Crippen LogP contribution is 2.27. The molecule has 3 rings (SSSR count). The van der Waals surface area contributed by atoms with Crippen LogP contribution in [0.15, 0.2) is 60.7 Å². The quantitative estimate of drug-likeness (QED) is 0.920. The van der Waals surface area contributed by atoms with Gasteiger partial charge in [-0.25, -0.2) is 0 Å². The minimum absolute atomic E-state index is 0.0877. The van der Waals surface area contributed by atoms with Crippen LogP contribution in [0.25, 0.3) is 0 Å². The molecule has 1 unspecified atom stereocenters. The van der Waals surface area contributed by atoms with Gasteiger partial charge < -0.3 is 10.1 Å². The molecule has 3 nitrogen and oxygen atoms in total. The van der Waals surface area contributed by atoms with Crippen molar-refractivity contribution < 1.29 is 9.53 Å². The van der Waals surface area contributed by atoms with Crippen molar-refractivity contribution in [3.8, 4) is 0 Å². The minimum atomic E-state index is 0.0877. The molecule has 22 heavy (non-hydrogen) atoms. The zero-order chi connectivity index (χ0) is 15.2. The number of hydrogen-bond acceptors (Lipinski definition) is 2. The highest BCUT2D eigenvalue weighted by Gasteiger charge is 2.22. The van der Waals surface area contributed by atoms with Gasteiger partial charge in [0.05, 0.1) is 12.6 Å². The van der Waals surface area contributed by atoms with E-state index in [4.69, 9.17) is 4.74 Å². The van der Waals surface area contributed by atoms with Crippen LogP contribution in [0.4, 0.5) is 0 Å². The first-order chi connectivity index (χ1) is 10.8. The summed E-state index contributed by atoms with van der Waals surface area (Å²) < 4.78 is 5.32. The maximum absolute atomic E-state index is 12.4. The van der Waals surface area contributed by atoms with Crippen molar-refractivity contribution in [1.82, 2.24) is 5.32 Å². The van der Waals surface area contributed by atoms with Gasteiger partial charge in [0.2, 0.25) is 5.91 Å². The number of hydrogen-bond donors (Lipinski definition) is 1. The fraction of sp³-hybridized carbons (Fsp3) is 0.316. The number of ether oxygens (including phenoxy) is 1. The van der Waals surface area contributed by atoms with E-state index in [0.717, 1.165) is 13.0 Å². The van der Waals surface area contributed by atoms with Gasteiger partial charge in [-0.2, -0.15) is 0 Å². The van der Waals surface area contributed by atoms with Crippen LogP contribution in [0.2, 0.25) is 0 Å². The molecule has 3 heteroatoms. The number of nitrogens with one attached hydrogen (secondary N) is 1. The van der Waals surface area contributed by atoms with E-state index < -0.39 is 0 Å². The van der Waals surface area contributed by atoms with Gasteiger partial charge in [0.15, 0.2) is 0 Å². The highest BCUT2D eigenvalue weighted by molar-refractivity contribution is 5.78. The molecule has 1 atom stereocenters. The van der Waals surface area contributed by atoms with Crippen LogP contribution in [0, 0.1) is 0 Å². The van der Waals surface area contributed by atoms with Crippen molar-refractivity contribution in [1.29, 1.82) is 0 Å². The van der Waals surface area contributed by atoms with Crippen molar-refractivity contribution in [2.24, 2.45) is 0 Å². The Labute approximate surface area is 131 Å². The third-order valence-corrected chi connectivity index (χ3v) is 4.09. The lowest BCUT2D eigenvalue weighted by Gasteiger charge is -2.19. The Bertz CT molecular complexity index is 552. The van der Waals surface area contributed by atoms with Crippen LogP contribution in [-0.2, 0) is 9.53 Å². The second-order valence-electron chi connectivity index (χ2n) is 5.71. The summed E-state index contributed by atoms with van der Waals surface area (Å²) in [6, 6.07) is 20.6. The second kappa shape index (κ2) is 7.23. The van der Waals surface area contributed by atoms with Crippen LogP contribution >= 0.6 is 0 Å². The van der Waals surface area contributed by atoms with Gasteiger partial charge in [-0.3, -0.25) is 4.79 Å². The molecule has 1 fully saturated rings. The molecule has 0 bridgehead atoms. The molecule has 1 N–H and O–H groups in total. The lowest BCUT2D eigenvalue weighted by Crippen LogP contribution is -2.35. The standard InChI is InChI=1S/C19H21NO2/c21-19(20-17-11-12-22-14-17)13-18(15-7-3-1-4-8-15)16-9-5-2-6-10-16/h1-10,17-18H,11-14H2,(H,20,21). The van der Waals surface area contributed by atoms with E-state index in [0.29, 0.717) is 13.0 Å². The number of rotatable bonds is 5. The maximum Gasteiger partial charge on any atom is 0.221 e. The van der Waals surface area contributed by atoms with Crippen LogP contribution in [0.1, 0.15) is 29.9 Å². The van der Waals surface area contributed by atoms with E-state index in [9.17, 15) is 4.79 Å². The Morgan fingerprint density at radius 1 is 1.05 bits per heavy atom. The summed E-state index contributed by atoms with van der Waals surface area (Å²) in [5, 5.41) is 3.08. The number of amides is 1. The molecule has 2 aromatic carbocycles. The van der Waals surface area contributed by atoms with Gasteiger partial charge in [0.25, 0.3) is 0 Å². The highest BCUT2D eigenvalue weighted by atomic mass is 16.5. The molecule has 0 radical (unpaired) electrons. The number of carbonyl (C=O) groups is 1. The number of benzene rings is 2. The van der Waals surface area contributed by atoms with Crippen LogP contribution in [0.3, 0.4) is 0 Å². The summed E-state index contributed by atoms with van der Waals surface area (Å²) in [7, 11) is 0. The Morgan fingerprint density at radius 3 is 2.14 bits per heavy atom. The molecule has 0 spiro atoms. The zero-order valence-electron chi connectivity index (χ0n) is 12.6. The Hall–Kier alpha value is -2.13. The number of carbonyl (C=O) groups excluding carboxylic acids is 1. The SMILES string of the molecule is O=C(CC(c1ccccc1)c1ccccc1)NC1CCOC1. The van der Waals surface area contributed by atoms with Gasteiger partial charge in [0.1, 0.15) is 0 Å². The van der Waals surface area contributed by atoms with Crippen molar-refractivity contribution in [2.75, 3.05) is 13.2 Å². The van der Waals surface area contributed by atoms with E-state index in [1.165, 1.54) is 11.1 Å². The third-order valence-electron chi connectivity index (χ3n) is 4.09. The molecule has 1 saturated heterocycles. The van der Waals surface area contributed by atoms with Gasteiger partial charge >= 0.3 is 0 Å². The molecule has 114 valence electrons. The largest absolute Gasteiger partial charge is 0.379 e. The predicted octanol–water partition coefficient (Wildman–Crippen LogP) is 3.11. The zero-order valence-corrected chi connectivity index (χ0v) is 12.6. The first kappa shape index (κ1) is 14.8. The Kier molecular flexibility index (Phi) is 4.86.